The molecule has 1 heterocycles. The average molecular weight is 359 g/mol. The van der Waals surface area contributed by atoms with Crippen LogP contribution in [0.1, 0.15) is 5.56 Å². The summed E-state index contributed by atoms with van der Waals surface area (Å²) in [6.07, 6.45) is 1.61. The second kappa shape index (κ2) is 7.33. The maximum absolute atomic E-state index is 12.2. The maximum atomic E-state index is 12.2. The Hall–Kier alpha value is -3.60. The molecule has 3 aromatic carbocycles. The van der Waals surface area contributed by atoms with Crippen molar-refractivity contribution >= 4 is 39.3 Å². The SMILES string of the molecule is O=C(COC(=O)Cc1coc2ccc3ccccc3c12)Nc1ccccc1. The van der Waals surface area contributed by atoms with E-state index in [2.05, 4.69) is 5.32 Å². The van der Waals surface area contributed by atoms with Crippen LogP contribution in [-0.4, -0.2) is 18.5 Å². The Bertz CT molecular complexity index is 1120. The molecule has 1 aromatic heterocycles. The highest BCUT2D eigenvalue weighted by Crippen LogP contribution is 2.30. The van der Waals surface area contributed by atoms with Gasteiger partial charge in [0.1, 0.15) is 5.58 Å². The first-order valence-corrected chi connectivity index (χ1v) is 8.59. The molecular weight excluding hydrogens is 342 g/mol. The lowest BCUT2D eigenvalue weighted by Crippen LogP contribution is -2.21. The molecule has 0 bridgehead atoms. The smallest absolute Gasteiger partial charge is 0.310 e. The van der Waals surface area contributed by atoms with Crippen LogP contribution in [0.15, 0.2) is 77.4 Å². The summed E-state index contributed by atoms with van der Waals surface area (Å²) < 4.78 is 10.7. The number of amides is 1. The van der Waals surface area contributed by atoms with Gasteiger partial charge in [0.2, 0.25) is 0 Å². The van der Waals surface area contributed by atoms with Crippen LogP contribution in [0.3, 0.4) is 0 Å². The maximum Gasteiger partial charge on any atom is 0.310 e. The van der Waals surface area contributed by atoms with E-state index in [-0.39, 0.29) is 18.9 Å². The molecule has 134 valence electrons. The van der Waals surface area contributed by atoms with Gasteiger partial charge in [-0.2, -0.15) is 0 Å². The van der Waals surface area contributed by atoms with Gasteiger partial charge in [-0.3, -0.25) is 9.59 Å². The van der Waals surface area contributed by atoms with Crippen molar-refractivity contribution in [3.05, 3.63) is 78.6 Å². The second-order valence-electron chi connectivity index (χ2n) is 6.17. The van der Waals surface area contributed by atoms with Crippen molar-refractivity contribution in [3.8, 4) is 0 Å². The number of carbonyl (C=O) groups excluding carboxylic acids is 2. The molecule has 0 aliphatic rings. The van der Waals surface area contributed by atoms with Crippen molar-refractivity contribution in [1.29, 1.82) is 0 Å². The number of carbonyl (C=O) groups is 2. The van der Waals surface area contributed by atoms with Crippen LogP contribution in [0.4, 0.5) is 5.69 Å². The molecular formula is C22H17NO4. The van der Waals surface area contributed by atoms with Crippen LogP contribution < -0.4 is 5.32 Å². The Balaban J connectivity index is 1.44. The third kappa shape index (κ3) is 3.67. The molecule has 1 N–H and O–H groups in total. The van der Waals surface area contributed by atoms with Crippen LogP contribution in [0, 0.1) is 0 Å². The average Bonchev–Trinajstić information content (AvgIpc) is 3.10. The summed E-state index contributed by atoms with van der Waals surface area (Å²) >= 11 is 0. The van der Waals surface area contributed by atoms with Crippen molar-refractivity contribution in [2.45, 2.75) is 6.42 Å². The zero-order valence-electron chi connectivity index (χ0n) is 14.5. The van der Waals surface area contributed by atoms with Gasteiger partial charge in [0.15, 0.2) is 6.61 Å². The van der Waals surface area contributed by atoms with Crippen molar-refractivity contribution < 1.29 is 18.7 Å². The lowest BCUT2D eigenvalue weighted by Gasteiger charge is -2.06. The Morgan fingerprint density at radius 1 is 0.926 bits per heavy atom. The Labute approximate surface area is 155 Å². The molecule has 5 nitrogen and oxygen atoms in total. The monoisotopic (exact) mass is 359 g/mol. The first-order valence-electron chi connectivity index (χ1n) is 8.59. The topological polar surface area (TPSA) is 68.5 Å². The van der Waals surface area contributed by atoms with Crippen molar-refractivity contribution in [3.63, 3.8) is 0 Å². The van der Waals surface area contributed by atoms with Crippen molar-refractivity contribution in [2.75, 3.05) is 11.9 Å². The summed E-state index contributed by atoms with van der Waals surface area (Å²) in [5.41, 5.74) is 2.12. The number of hydrogen-bond acceptors (Lipinski definition) is 4. The molecule has 0 aliphatic heterocycles. The van der Waals surface area contributed by atoms with Gasteiger partial charge in [0.05, 0.1) is 12.7 Å². The highest BCUT2D eigenvalue weighted by atomic mass is 16.5. The minimum absolute atomic E-state index is 0.0413. The van der Waals surface area contributed by atoms with Crippen molar-refractivity contribution in [1.82, 2.24) is 0 Å². The minimum atomic E-state index is -0.478. The number of hydrogen-bond donors (Lipinski definition) is 1. The van der Waals surface area contributed by atoms with Gasteiger partial charge in [-0.05, 0) is 29.0 Å². The van der Waals surface area contributed by atoms with E-state index in [1.54, 1.807) is 18.4 Å². The van der Waals surface area contributed by atoms with Gasteiger partial charge in [-0.1, -0.05) is 48.5 Å². The van der Waals surface area contributed by atoms with Crippen LogP contribution >= 0.6 is 0 Å². The Morgan fingerprint density at radius 2 is 1.70 bits per heavy atom. The molecule has 0 aliphatic carbocycles. The fraction of sp³-hybridized carbons (Fsp3) is 0.0909. The molecule has 5 heteroatoms. The third-order valence-electron chi connectivity index (χ3n) is 4.30. The van der Waals surface area contributed by atoms with Gasteiger partial charge in [-0.15, -0.1) is 0 Å². The lowest BCUT2D eigenvalue weighted by molar-refractivity contribution is -0.146. The van der Waals surface area contributed by atoms with Crippen molar-refractivity contribution in [2.24, 2.45) is 0 Å². The number of ether oxygens (including phenoxy) is 1. The quantitative estimate of drug-likeness (QED) is 0.539. The van der Waals surface area contributed by atoms with E-state index in [4.69, 9.17) is 9.15 Å². The Kier molecular flexibility index (Phi) is 4.58. The summed E-state index contributed by atoms with van der Waals surface area (Å²) in [6.45, 7) is -0.329. The predicted octanol–water partition coefficient (Wildman–Crippen LogP) is 4.31. The lowest BCUT2D eigenvalue weighted by atomic mass is 10.0. The third-order valence-corrected chi connectivity index (χ3v) is 4.30. The zero-order valence-corrected chi connectivity index (χ0v) is 14.5. The van der Waals surface area contributed by atoms with Crippen LogP contribution in [0.2, 0.25) is 0 Å². The van der Waals surface area contributed by atoms with E-state index in [0.29, 0.717) is 5.69 Å². The number of benzene rings is 3. The molecule has 0 radical (unpaired) electrons. The zero-order chi connectivity index (χ0) is 18.6. The van der Waals surface area contributed by atoms with E-state index in [1.807, 2.05) is 54.6 Å². The Morgan fingerprint density at radius 3 is 2.56 bits per heavy atom. The molecule has 0 fully saturated rings. The molecule has 0 saturated heterocycles. The summed E-state index contributed by atoms with van der Waals surface area (Å²) in [5.74, 6) is -0.856. The van der Waals surface area contributed by atoms with E-state index in [9.17, 15) is 9.59 Å². The highest BCUT2D eigenvalue weighted by molar-refractivity contribution is 6.08. The molecule has 0 spiro atoms. The van der Waals surface area contributed by atoms with Gasteiger partial charge in [-0.25, -0.2) is 0 Å². The number of esters is 1. The number of fused-ring (bicyclic) bond motifs is 3. The fourth-order valence-corrected chi connectivity index (χ4v) is 3.08. The number of furan rings is 1. The van der Waals surface area contributed by atoms with Gasteiger partial charge < -0.3 is 14.5 Å². The fourth-order valence-electron chi connectivity index (χ4n) is 3.08. The van der Waals surface area contributed by atoms with Gasteiger partial charge in [0.25, 0.3) is 5.91 Å². The van der Waals surface area contributed by atoms with Crippen LogP contribution in [0.25, 0.3) is 21.7 Å². The predicted molar refractivity (Wildman–Crippen MR) is 103 cm³/mol. The largest absolute Gasteiger partial charge is 0.464 e. The first kappa shape index (κ1) is 16.8. The summed E-state index contributed by atoms with van der Waals surface area (Å²) in [7, 11) is 0. The highest BCUT2D eigenvalue weighted by Gasteiger charge is 2.15. The molecule has 4 aromatic rings. The molecule has 0 saturated carbocycles. The molecule has 27 heavy (non-hydrogen) atoms. The summed E-state index contributed by atoms with van der Waals surface area (Å²) in [6, 6.07) is 20.8. The minimum Gasteiger partial charge on any atom is -0.464 e. The normalized spacial score (nSPS) is 10.8. The molecule has 0 atom stereocenters. The van der Waals surface area contributed by atoms with Crippen LogP contribution in [0.5, 0.6) is 0 Å². The summed E-state index contributed by atoms with van der Waals surface area (Å²) in [5, 5.41) is 5.67. The summed E-state index contributed by atoms with van der Waals surface area (Å²) in [4.78, 5) is 24.1. The van der Waals surface area contributed by atoms with E-state index in [1.165, 1.54) is 0 Å². The van der Waals surface area contributed by atoms with E-state index < -0.39 is 5.97 Å². The number of nitrogens with one attached hydrogen (secondary N) is 1. The molecule has 4 rings (SSSR count). The van der Waals surface area contributed by atoms with E-state index >= 15 is 0 Å². The molecule has 1 amide bonds. The van der Waals surface area contributed by atoms with Crippen LogP contribution in [-0.2, 0) is 20.7 Å². The first-order chi connectivity index (χ1) is 13.2. The standard InChI is InChI=1S/C22H17NO4/c24-20(23-17-7-2-1-3-8-17)14-27-21(25)12-16-13-26-19-11-10-15-6-4-5-9-18(15)22(16)19/h1-11,13H,12,14H2,(H,23,24). The van der Waals surface area contributed by atoms with Gasteiger partial charge >= 0.3 is 5.97 Å². The number of para-hydroxylation sites is 1. The second-order valence-corrected chi connectivity index (χ2v) is 6.17. The number of anilines is 1. The van der Waals surface area contributed by atoms with Gasteiger partial charge in [0, 0.05) is 16.6 Å². The number of rotatable bonds is 5. The van der Waals surface area contributed by atoms with E-state index in [0.717, 1.165) is 27.3 Å². The molecule has 0 unspecified atom stereocenters.